The molecule has 1 fully saturated rings. The van der Waals surface area contributed by atoms with Gasteiger partial charge in [0.25, 0.3) is 0 Å². The van der Waals surface area contributed by atoms with Gasteiger partial charge in [0.2, 0.25) is 0 Å². The summed E-state index contributed by atoms with van der Waals surface area (Å²) in [7, 11) is 0. The SMILES string of the molecule is CC1CCC(/C(N)=C/NC(C=O)C(C)(C)C)CC1. The summed E-state index contributed by atoms with van der Waals surface area (Å²) in [6, 6.07) is -0.182. The number of hydrogen-bond acceptors (Lipinski definition) is 3. The quantitative estimate of drug-likeness (QED) is 0.756. The summed E-state index contributed by atoms with van der Waals surface area (Å²) in [4.78, 5) is 11.1. The molecule has 18 heavy (non-hydrogen) atoms. The van der Waals surface area contributed by atoms with Gasteiger partial charge in [0.15, 0.2) is 0 Å². The van der Waals surface area contributed by atoms with E-state index in [0.717, 1.165) is 17.9 Å². The Kier molecular flexibility index (Phi) is 5.24. The van der Waals surface area contributed by atoms with Crippen LogP contribution in [-0.2, 0) is 4.79 Å². The highest BCUT2D eigenvalue weighted by Gasteiger charge is 2.24. The van der Waals surface area contributed by atoms with E-state index in [-0.39, 0.29) is 11.5 Å². The monoisotopic (exact) mass is 252 g/mol. The van der Waals surface area contributed by atoms with Crippen LogP contribution in [0.2, 0.25) is 0 Å². The molecule has 3 N–H and O–H groups in total. The van der Waals surface area contributed by atoms with Crippen LogP contribution in [0.1, 0.15) is 53.4 Å². The summed E-state index contributed by atoms with van der Waals surface area (Å²) in [5.41, 5.74) is 6.94. The molecule has 0 saturated heterocycles. The van der Waals surface area contributed by atoms with E-state index < -0.39 is 0 Å². The lowest BCUT2D eigenvalue weighted by atomic mass is 9.81. The van der Waals surface area contributed by atoms with Crippen molar-refractivity contribution >= 4 is 6.29 Å². The Morgan fingerprint density at radius 3 is 2.28 bits per heavy atom. The number of nitrogens with one attached hydrogen (secondary N) is 1. The minimum absolute atomic E-state index is 0.0837. The van der Waals surface area contributed by atoms with Crippen LogP contribution in [-0.4, -0.2) is 12.3 Å². The zero-order valence-corrected chi connectivity index (χ0v) is 12.2. The second-order valence-corrected chi connectivity index (χ2v) is 6.75. The Bertz CT molecular complexity index is 296. The molecular formula is C15H28N2O. The summed E-state index contributed by atoms with van der Waals surface area (Å²) in [5.74, 6) is 1.32. The lowest BCUT2D eigenvalue weighted by molar-refractivity contribution is -0.111. The molecule has 0 aromatic rings. The Hall–Kier alpha value is -0.990. The lowest BCUT2D eigenvalue weighted by Gasteiger charge is -2.29. The van der Waals surface area contributed by atoms with Gasteiger partial charge in [-0.05, 0) is 30.1 Å². The van der Waals surface area contributed by atoms with E-state index in [1.807, 2.05) is 27.0 Å². The van der Waals surface area contributed by atoms with Crippen molar-refractivity contribution in [2.45, 2.75) is 59.4 Å². The molecule has 104 valence electrons. The number of allylic oxidation sites excluding steroid dienone is 1. The van der Waals surface area contributed by atoms with Crippen LogP contribution in [0, 0.1) is 17.3 Å². The third-order valence-corrected chi connectivity index (χ3v) is 3.99. The molecule has 0 aliphatic heterocycles. The average molecular weight is 252 g/mol. The van der Waals surface area contributed by atoms with Crippen LogP contribution in [0.25, 0.3) is 0 Å². The van der Waals surface area contributed by atoms with Gasteiger partial charge >= 0.3 is 0 Å². The topological polar surface area (TPSA) is 55.1 Å². The van der Waals surface area contributed by atoms with Crippen LogP contribution in [0.15, 0.2) is 11.9 Å². The molecule has 1 saturated carbocycles. The predicted molar refractivity (Wildman–Crippen MR) is 75.8 cm³/mol. The molecule has 1 aliphatic carbocycles. The molecule has 0 aromatic heterocycles. The maximum absolute atomic E-state index is 11.1. The van der Waals surface area contributed by atoms with Crippen LogP contribution in [0.3, 0.4) is 0 Å². The third kappa shape index (κ3) is 4.35. The molecule has 1 unspecified atom stereocenters. The second-order valence-electron chi connectivity index (χ2n) is 6.75. The summed E-state index contributed by atoms with van der Waals surface area (Å²) >= 11 is 0. The van der Waals surface area contributed by atoms with Gasteiger partial charge in [0, 0.05) is 11.9 Å². The number of rotatable bonds is 4. The zero-order valence-electron chi connectivity index (χ0n) is 12.2. The summed E-state index contributed by atoms with van der Waals surface area (Å²) in [5, 5.41) is 3.16. The summed E-state index contributed by atoms with van der Waals surface area (Å²) in [6.07, 6.45) is 7.68. The third-order valence-electron chi connectivity index (χ3n) is 3.99. The molecule has 0 radical (unpaired) electrons. The Morgan fingerprint density at radius 1 is 1.28 bits per heavy atom. The van der Waals surface area contributed by atoms with Crippen molar-refractivity contribution in [3.8, 4) is 0 Å². The minimum Gasteiger partial charge on any atom is -0.401 e. The fourth-order valence-electron chi connectivity index (χ4n) is 2.39. The van der Waals surface area contributed by atoms with Crippen molar-refractivity contribution in [2.75, 3.05) is 0 Å². The van der Waals surface area contributed by atoms with E-state index in [2.05, 4.69) is 12.2 Å². The number of nitrogens with two attached hydrogens (primary N) is 1. The first kappa shape index (κ1) is 15.1. The van der Waals surface area contributed by atoms with E-state index in [0.29, 0.717) is 5.92 Å². The van der Waals surface area contributed by atoms with Crippen molar-refractivity contribution in [3.05, 3.63) is 11.9 Å². The molecule has 0 amide bonds. The average Bonchev–Trinajstić information content (AvgIpc) is 2.28. The molecule has 3 nitrogen and oxygen atoms in total. The Balaban J connectivity index is 2.53. The van der Waals surface area contributed by atoms with E-state index in [9.17, 15) is 4.79 Å². The molecule has 0 heterocycles. The number of carbonyl (C=O) groups excluding carboxylic acids is 1. The molecule has 1 rings (SSSR count). The van der Waals surface area contributed by atoms with Gasteiger partial charge in [-0.25, -0.2) is 0 Å². The highest BCUT2D eigenvalue weighted by atomic mass is 16.1. The van der Waals surface area contributed by atoms with Gasteiger partial charge in [-0.3, -0.25) is 0 Å². The van der Waals surface area contributed by atoms with Crippen LogP contribution in [0.4, 0.5) is 0 Å². The van der Waals surface area contributed by atoms with Crippen molar-refractivity contribution < 1.29 is 4.79 Å². The standard InChI is InChI=1S/C15H28N2O/c1-11-5-7-12(8-6-11)13(16)9-17-14(10-18)15(2,3)4/h9-12,14,17H,5-8,16H2,1-4H3/b13-9-. The highest BCUT2D eigenvalue weighted by Crippen LogP contribution is 2.31. The Labute approximate surface area is 111 Å². The first-order valence-corrected chi connectivity index (χ1v) is 7.01. The van der Waals surface area contributed by atoms with Crippen LogP contribution >= 0.6 is 0 Å². The van der Waals surface area contributed by atoms with Gasteiger partial charge in [-0.1, -0.05) is 40.5 Å². The molecule has 3 heteroatoms. The van der Waals surface area contributed by atoms with E-state index >= 15 is 0 Å². The molecule has 1 aliphatic rings. The molecule has 1 atom stereocenters. The molecule has 0 aromatic carbocycles. The smallest absolute Gasteiger partial charge is 0.142 e. The molecule has 0 spiro atoms. The number of carbonyl (C=O) groups is 1. The normalized spacial score (nSPS) is 27.7. The zero-order chi connectivity index (χ0) is 13.8. The van der Waals surface area contributed by atoms with Gasteiger partial charge in [-0.15, -0.1) is 0 Å². The van der Waals surface area contributed by atoms with E-state index in [1.165, 1.54) is 25.7 Å². The van der Waals surface area contributed by atoms with E-state index in [4.69, 9.17) is 5.73 Å². The van der Waals surface area contributed by atoms with Crippen molar-refractivity contribution in [1.82, 2.24) is 5.32 Å². The van der Waals surface area contributed by atoms with Crippen molar-refractivity contribution in [3.63, 3.8) is 0 Å². The molecular weight excluding hydrogens is 224 g/mol. The largest absolute Gasteiger partial charge is 0.401 e. The lowest BCUT2D eigenvalue weighted by Crippen LogP contribution is -2.39. The fraction of sp³-hybridized carbons (Fsp3) is 0.800. The van der Waals surface area contributed by atoms with Gasteiger partial charge in [0.1, 0.15) is 6.29 Å². The molecule has 0 bridgehead atoms. The van der Waals surface area contributed by atoms with Crippen molar-refractivity contribution in [2.24, 2.45) is 23.0 Å². The van der Waals surface area contributed by atoms with Crippen LogP contribution in [0.5, 0.6) is 0 Å². The highest BCUT2D eigenvalue weighted by molar-refractivity contribution is 5.59. The Morgan fingerprint density at radius 2 is 1.83 bits per heavy atom. The first-order chi connectivity index (χ1) is 8.34. The second kappa shape index (κ2) is 6.26. The minimum atomic E-state index is -0.182. The van der Waals surface area contributed by atoms with Gasteiger partial charge in [0.05, 0.1) is 6.04 Å². The van der Waals surface area contributed by atoms with Gasteiger partial charge < -0.3 is 15.8 Å². The number of hydrogen-bond donors (Lipinski definition) is 2. The van der Waals surface area contributed by atoms with Crippen LogP contribution < -0.4 is 11.1 Å². The fourth-order valence-corrected chi connectivity index (χ4v) is 2.39. The maximum atomic E-state index is 11.1. The summed E-state index contributed by atoms with van der Waals surface area (Å²) < 4.78 is 0. The summed E-state index contributed by atoms with van der Waals surface area (Å²) in [6.45, 7) is 8.44. The number of aldehydes is 1. The van der Waals surface area contributed by atoms with E-state index in [1.54, 1.807) is 0 Å². The van der Waals surface area contributed by atoms with Crippen molar-refractivity contribution in [1.29, 1.82) is 0 Å². The first-order valence-electron chi connectivity index (χ1n) is 7.01. The van der Waals surface area contributed by atoms with Gasteiger partial charge in [-0.2, -0.15) is 0 Å². The predicted octanol–water partition coefficient (Wildman–Crippen LogP) is 2.82. The maximum Gasteiger partial charge on any atom is 0.142 e.